The molecule has 6 heteroatoms. The van der Waals surface area contributed by atoms with Crippen molar-refractivity contribution in [3.05, 3.63) is 59.9 Å². The summed E-state index contributed by atoms with van der Waals surface area (Å²) in [6, 6.07) is 13.6. The number of amides is 2. The Morgan fingerprint density at radius 3 is 2.46 bits per heavy atom. The second kappa shape index (κ2) is 9.39. The highest BCUT2D eigenvalue weighted by molar-refractivity contribution is 5.73. The Hall–Kier alpha value is -2.76. The third-order valence-electron chi connectivity index (χ3n) is 3.34. The van der Waals surface area contributed by atoms with Crippen LogP contribution in [0.15, 0.2) is 48.5 Å². The minimum atomic E-state index is -0.415. The number of para-hydroxylation sites is 1. The molecule has 5 nitrogen and oxygen atoms in total. The summed E-state index contributed by atoms with van der Waals surface area (Å²) in [5.74, 6) is 0.569. The molecule has 0 heterocycles. The predicted octanol–water partition coefficient (Wildman–Crippen LogP) is 2.76. The van der Waals surface area contributed by atoms with E-state index in [0.717, 1.165) is 17.7 Å². The van der Waals surface area contributed by atoms with Crippen LogP contribution in [0.25, 0.3) is 0 Å². The molecule has 2 amide bonds. The van der Waals surface area contributed by atoms with Crippen molar-refractivity contribution in [3.63, 3.8) is 0 Å². The molecule has 0 aliphatic carbocycles. The largest absolute Gasteiger partial charge is 0.497 e. The van der Waals surface area contributed by atoms with Crippen LogP contribution in [-0.2, 0) is 6.42 Å². The summed E-state index contributed by atoms with van der Waals surface area (Å²) in [7, 11) is 1.62. The fourth-order valence-electron chi connectivity index (χ4n) is 2.06. The third kappa shape index (κ3) is 5.79. The third-order valence-corrected chi connectivity index (χ3v) is 3.34. The number of nitrogens with one attached hydrogen (secondary N) is 2. The first-order chi connectivity index (χ1) is 11.7. The Bertz CT molecular complexity index is 647. The van der Waals surface area contributed by atoms with Crippen molar-refractivity contribution in [2.45, 2.75) is 6.42 Å². The molecule has 2 N–H and O–H groups in total. The highest BCUT2D eigenvalue weighted by Crippen LogP contribution is 2.14. The van der Waals surface area contributed by atoms with Gasteiger partial charge >= 0.3 is 6.03 Å². The summed E-state index contributed by atoms with van der Waals surface area (Å²) in [6.07, 6.45) is 0.725. The molecule has 0 aliphatic heterocycles. The number of rotatable bonds is 8. The number of methoxy groups -OCH3 is 1. The molecule has 0 unspecified atom stereocenters. The van der Waals surface area contributed by atoms with Crippen LogP contribution in [-0.4, -0.2) is 32.8 Å². The van der Waals surface area contributed by atoms with Crippen LogP contribution in [0, 0.1) is 5.82 Å². The fourth-order valence-corrected chi connectivity index (χ4v) is 2.06. The monoisotopic (exact) mass is 332 g/mol. The highest BCUT2D eigenvalue weighted by atomic mass is 19.1. The molecular weight excluding hydrogens is 311 g/mol. The number of hydrogen-bond acceptors (Lipinski definition) is 3. The van der Waals surface area contributed by atoms with E-state index < -0.39 is 5.82 Å². The van der Waals surface area contributed by atoms with Crippen molar-refractivity contribution >= 4 is 6.03 Å². The Labute approximate surface area is 140 Å². The van der Waals surface area contributed by atoms with E-state index in [1.165, 1.54) is 6.07 Å². The lowest BCUT2D eigenvalue weighted by Gasteiger charge is -2.09. The molecule has 0 aliphatic rings. The zero-order valence-corrected chi connectivity index (χ0v) is 13.5. The number of benzene rings is 2. The van der Waals surface area contributed by atoms with E-state index in [2.05, 4.69) is 10.6 Å². The van der Waals surface area contributed by atoms with Crippen LogP contribution >= 0.6 is 0 Å². The molecule has 0 atom stereocenters. The highest BCUT2D eigenvalue weighted by Gasteiger charge is 2.03. The van der Waals surface area contributed by atoms with Crippen LogP contribution in [0.5, 0.6) is 11.5 Å². The number of carbonyl (C=O) groups excluding carboxylic acids is 1. The molecule has 0 bridgehead atoms. The average molecular weight is 332 g/mol. The molecule has 0 fully saturated rings. The van der Waals surface area contributed by atoms with E-state index in [0.29, 0.717) is 13.1 Å². The minimum Gasteiger partial charge on any atom is -0.497 e. The van der Waals surface area contributed by atoms with Gasteiger partial charge in [-0.3, -0.25) is 0 Å². The topological polar surface area (TPSA) is 59.6 Å². The second-order valence-electron chi connectivity index (χ2n) is 5.06. The van der Waals surface area contributed by atoms with Crippen LogP contribution in [0.3, 0.4) is 0 Å². The maximum atomic E-state index is 13.3. The first-order valence-electron chi connectivity index (χ1n) is 7.71. The quantitative estimate of drug-likeness (QED) is 0.731. The maximum absolute atomic E-state index is 13.3. The van der Waals surface area contributed by atoms with Gasteiger partial charge in [-0.15, -0.1) is 0 Å². The average Bonchev–Trinajstić information content (AvgIpc) is 2.61. The summed E-state index contributed by atoms with van der Waals surface area (Å²) in [6.45, 7) is 1.02. The SMILES string of the molecule is COc1ccc(CCNC(=O)NCCOc2ccccc2F)cc1. The number of hydrogen-bond donors (Lipinski definition) is 2. The second-order valence-corrected chi connectivity index (χ2v) is 5.06. The zero-order chi connectivity index (χ0) is 17.2. The zero-order valence-electron chi connectivity index (χ0n) is 13.5. The first-order valence-corrected chi connectivity index (χ1v) is 7.71. The molecule has 0 saturated heterocycles. The van der Waals surface area contributed by atoms with Crippen molar-refractivity contribution in [3.8, 4) is 11.5 Å². The Kier molecular flexibility index (Phi) is 6.89. The molecule has 2 aromatic carbocycles. The lowest BCUT2D eigenvalue weighted by molar-refractivity contribution is 0.236. The Balaban J connectivity index is 1.58. The van der Waals surface area contributed by atoms with Gasteiger partial charge in [0.1, 0.15) is 12.4 Å². The summed E-state index contributed by atoms with van der Waals surface area (Å²) >= 11 is 0. The maximum Gasteiger partial charge on any atom is 0.314 e. The molecular formula is C18H21FN2O3. The van der Waals surface area contributed by atoms with E-state index in [1.54, 1.807) is 25.3 Å². The molecule has 0 spiro atoms. The lowest BCUT2D eigenvalue weighted by atomic mass is 10.1. The van der Waals surface area contributed by atoms with Gasteiger partial charge in [-0.25, -0.2) is 9.18 Å². The fraction of sp³-hybridized carbons (Fsp3) is 0.278. The van der Waals surface area contributed by atoms with Crippen molar-refractivity contribution in [2.75, 3.05) is 26.8 Å². The summed E-state index contributed by atoms with van der Waals surface area (Å²) < 4.78 is 23.7. The standard InChI is InChI=1S/C18H21FN2O3/c1-23-15-8-6-14(7-9-15)10-11-20-18(22)21-12-13-24-17-5-3-2-4-16(17)19/h2-9H,10-13H2,1H3,(H2,20,21,22). The van der Waals surface area contributed by atoms with Gasteiger partial charge in [-0.05, 0) is 36.2 Å². The van der Waals surface area contributed by atoms with Crippen LogP contribution in [0.2, 0.25) is 0 Å². The molecule has 0 saturated carbocycles. The van der Waals surface area contributed by atoms with Crippen molar-refractivity contribution in [1.82, 2.24) is 10.6 Å². The molecule has 0 aromatic heterocycles. The van der Waals surface area contributed by atoms with Crippen LogP contribution < -0.4 is 20.1 Å². The number of carbonyl (C=O) groups is 1. The smallest absolute Gasteiger partial charge is 0.314 e. The van der Waals surface area contributed by atoms with Gasteiger partial charge in [0, 0.05) is 6.54 Å². The van der Waals surface area contributed by atoms with E-state index >= 15 is 0 Å². The van der Waals surface area contributed by atoms with Gasteiger partial charge in [0.2, 0.25) is 0 Å². The van der Waals surface area contributed by atoms with Gasteiger partial charge in [-0.1, -0.05) is 24.3 Å². The normalized spacial score (nSPS) is 10.1. The van der Waals surface area contributed by atoms with Crippen molar-refractivity contribution in [1.29, 1.82) is 0 Å². The Morgan fingerprint density at radius 1 is 1.04 bits per heavy atom. The molecule has 2 rings (SSSR count). The first kappa shape index (κ1) is 17.6. The molecule has 2 aromatic rings. The number of halogens is 1. The van der Waals surface area contributed by atoms with E-state index in [-0.39, 0.29) is 18.4 Å². The Morgan fingerprint density at radius 2 is 1.75 bits per heavy atom. The molecule has 0 radical (unpaired) electrons. The summed E-state index contributed by atoms with van der Waals surface area (Å²) in [5, 5.41) is 5.42. The van der Waals surface area contributed by atoms with E-state index in [9.17, 15) is 9.18 Å². The lowest BCUT2D eigenvalue weighted by Crippen LogP contribution is -2.38. The van der Waals surface area contributed by atoms with Gasteiger partial charge in [0.15, 0.2) is 11.6 Å². The summed E-state index contributed by atoms with van der Waals surface area (Å²) in [5.41, 5.74) is 1.11. The van der Waals surface area contributed by atoms with Gasteiger partial charge in [0.25, 0.3) is 0 Å². The predicted molar refractivity (Wildman–Crippen MR) is 90.0 cm³/mol. The van der Waals surface area contributed by atoms with Crippen molar-refractivity contribution in [2.24, 2.45) is 0 Å². The number of ether oxygens (including phenoxy) is 2. The summed E-state index contributed by atoms with van der Waals surface area (Å²) in [4.78, 5) is 11.6. The van der Waals surface area contributed by atoms with Gasteiger partial charge < -0.3 is 20.1 Å². The van der Waals surface area contributed by atoms with Gasteiger partial charge in [0.05, 0.1) is 13.7 Å². The minimum absolute atomic E-state index is 0.180. The number of urea groups is 1. The van der Waals surface area contributed by atoms with Crippen molar-refractivity contribution < 1.29 is 18.7 Å². The molecule has 24 heavy (non-hydrogen) atoms. The van der Waals surface area contributed by atoms with E-state index in [4.69, 9.17) is 9.47 Å². The molecule has 128 valence electrons. The van der Waals surface area contributed by atoms with E-state index in [1.807, 2.05) is 24.3 Å². The van der Waals surface area contributed by atoms with Crippen LogP contribution in [0.4, 0.5) is 9.18 Å². The van der Waals surface area contributed by atoms with Gasteiger partial charge in [-0.2, -0.15) is 0 Å². The van der Waals surface area contributed by atoms with Crippen LogP contribution in [0.1, 0.15) is 5.56 Å².